The molecular weight excluding hydrogens is 483 g/mol. The molecule has 1 saturated heterocycles. The van der Waals surface area contributed by atoms with Gasteiger partial charge in [-0.3, -0.25) is 9.69 Å². The molecule has 1 aromatic heterocycles. The van der Waals surface area contributed by atoms with E-state index < -0.39 is 0 Å². The van der Waals surface area contributed by atoms with Gasteiger partial charge in [-0.25, -0.2) is 4.39 Å². The first-order valence-corrected chi connectivity index (χ1v) is 13.7. The first-order chi connectivity index (χ1) is 17.0. The summed E-state index contributed by atoms with van der Waals surface area (Å²) < 4.78 is 19.1. The zero-order chi connectivity index (χ0) is 24.2. The van der Waals surface area contributed by atoms with Gasteiger partial charge < -0.3 is 10.2 Å². The summed E-state index contributed by atoms with van der Waals surface area (Å²) in [5.41, 5.74) is 0.989. The largest absolute Gasteiger partial charge is 0.356 e. The summed E-state index contributed by atoms with van der Waals surface area (Å²) in [5, 5.41) is 4.93. The molecule has 0 unspecified atom stereocenters. The standard InChI is InChI=1S/C27H32ClFN4OS/c28-22-7-5-19(6-8-22)15-26(34)30-17-20-3-1-2-4-21(20)18-32-11-13-33(14-12-32)27-24-10-9-23(29)16-25(24)35-31-27/h5-10,16,20-21H,1-4,11-15,17-18H2,(H,30,34)/t20-,21-/m0/s1. The molecule has 186 valence electrons. The van der Waals surface area contributed by atoms with Gasteiger partial charge >= 0.3 is 0 Å². The first-order valence-electron chi connectivity index (χ1n) is 12.6. The normalized spacial score (nSPS) is 21.4. The minimum Gasteiger partial charge on any atom is -0.356 e. The number of nitrogens with zero attached hydrogens (tertiary/aromatic N) is 3. The average molecular weight is 515 g/mol. The van der Waals surface area contributed by atoms with Gasteiger partial charge in [-0.2, -0.15) is 4.37 Å². The van der Waals surface area contributed by atoms with E-state index in [1.807, 2.05) is 30.3 Å². The molecule has 0 bridgehead atoms. The first kappa shape index (κ1) is 24.5. The summed E-state index contributed by atoms with van der Waals surface area (Å²) in [7, 11) is 0. The van der Waals surface area contributed by atoms with E-state index in [0.717, 1.165) is 60.7 Å². The summed E-state index contributed by atoms with van der Waals surface area (Å²) in [6, 6.07) is 12.4. The lowest BCUT2D eigenvalue weighted by atomic mass is 9.78. The maximum atomic E-state index is 13.5. The van der Waals surface area contributed by atoms with Gasteiger partial charge in [-0.15, -0.1) is 0 Å². The summed E-state index contributed by atoms with van der Waals surface area (Å²) in [6.07, 6.45) is 5.35. The zero-order valence-electron chi connectivity index (χ0n) is 19.9. The van der Waals surface area contributed by atoms with Crippen molar-refractivity contribution in [1.29, 1.82) is 0 Å². The predicted molar refractivity (Wildman–Crippen MR) is 142 cm³/mol. The van der Waals surface area contributed by atoms with Crippen LogP contribution in [0.2, 0.25) is 5.02 Å². The number of carbonyl (C=O) groups excluding carboxylic acids is 1. The average Bonchev–Trinajstić information content (AvgIpc) is 3.28. The fraction of sp³-hybridized carbons (Fsp3) is 0.481. The smallest absolute Gasteiger partial charge is 0.224 e. The molecule has 2 aromatic carbocycles. The molecule has 1 aliphatic carbocycles. The van der Waals surface area contributed by atoms with Crippen LogP contribution in [0.25, 0.3) is 10.1 Å². The number of anilines is 1. The highest BCUT2D eigenvalue weighted by molar-refractivity contribution is 7.13. The van der Waals surface area contributed by atoms with E-state index in [4.69, 9.17) is 11.6 Å². The van der Waals surface area contributed by atoms with Crippen molar-refractivity contribution in [3.8, 4) is 0 Å². The number of aromatic nitrogens is 1. The number of amides is 1. The number of hydrogen-bond donors (Lipinski definition) is 1. The van der Waals surface area contributed by atoms with Crippen LogP contribution in [-0.2, 0) is 11.2 Å². The van der Waals surface area contributed by atoms with Gasteiger partial charge in [0.2, 0.25) is 5.91 Å². The summed E-state index contributed by atoms with van der Waals surface area (Å²) in [6.45, 7) is 5.74. The topological polar surface area (TPSA) is 48.5 Å². The number of nitrogens with one attached hydrogen (secondary N) is 1. The van der Waals surface area contributed by atoms with Crippen molar-refractivity contribution in [2.24, 2.45) is 11.8 Å². The molecule has 0 radical (unpaired) electrons. The van der Waals surface area contributed by atoms with Crippen LogP contribution in [0.4, 0.5) is 10.2 Å². The van der Waals surface area contributed by atoms with Crippen LogP contribution in [0, 0.1) is 17.7 Å². The molecule has 0 spiro atoms. The maximum Gasteiger partial charge on any atom is 0.224 e. The van der Waals surface area contributed by atoms with Crippen molar-refractivity contribution in [2.75, 3.05) is 44.2 Å². The van der Waals surface area contributed by atoms with Crippen molar-refractivity contribution >= 4 is 44.9 Å². The number of hydrogen-bond acceptors (Lipinski definition) is 5. The molecule has 2 aliphatic rings. The van der Waals surface area contributed by atoms with Crippen LogP contribution in [0.5, 0.6) is 0 Å². The molecule has 1 saturated carbocycles. The van der Waals surface area contributed by atoms with E-state index in [-0.39, 0.29) is 11.7 Å². The fourth-order valence-corrected chi connectivity index (χ4v) is 6.44. The molecule has 5 nitrogen and oxygen atoms in total. The van der Waals surface area contributed by atoms with Crippen molar-refractivity contribution < 1.29 is 9.18 Å². The third kappa shape index (κ3) is 6.13. The molecule has 2 fully saturated rings. The molecule has 1 aliphatic heterocycles. The Morgan fingerprint density at radius 1 is 1.06 bits per heavy atom. The molecule has 1 N–H and O–H groups in total. The van der Waals surface area contributed by atoms with Gasteiger partial charge in [-0.1, -0.05) is 36.6 Å². The Bertz CT molecular complexity index is 1150. The van der Waals surface area contributed by atoms with Gasteiger partial charge in [0.15, 0.2) is 0 Å². The summed E-state index contributed by atoms with van der Waals surface area (Å²) in [4.78, 5) is 17.4. The predicted octanol–water partition coefficient (Wildman–Crippen LogP) is 5.38. The van der Waals surface area contributed by atoms with Gasteiger partial charge in [0.05, 0.1) is 11.1 Å². The van der Waals surface area contributed by atoms with E-state index in [1.165, 1.54) is 43.3 Å². The highest BCUT2D eigenvalue weighted by atomic mass is 35.5. The molecule has 8 heteroatoms. The van der Waals surface area contributed by atoms with Gasteiger partial charge in [0, 0.05) is 49.7 Å². The van der Waals surface area contributed by atoms with Crippen molar-refractivity contribution in [2.45, 2.75) is 32.1 Å². The van der Waals surface area contributed by atoms with Crippen LogP contribution in [0.3, 0.4) is 0 Å². The molecule has 3 aromatic rings. The van der Waals surface area contributed by atoms with E-state index in [2.05, 4.69) is 19.5 Å². The maximum absolute atomic E-state index is 13.5. The Balaban J connectivity index is 1.11. The second kappa shape index (κ2) is 11.2. The van der Waals surface area contributed by atoms with Crippen molar-refractivity contribution in [1.82, 2.24) is 14.6 Å². The zero-order valence-corrected chi connectivity index (χ0v) is 21.5. The third-order valence-electron chi connectivity index (χ3n) is 7.49. The molecule has 35 heavy (non-hydrogen) atoms. The van der Waals surface area contributed by atoms with Crippen LogP contribution >= 0.6 is 23.1 Å². The third-order valence-corrected chi connectivity index (χ3v) is 8.54. The lowest BCUT2D eigenvalue weighted by Crippen LogP contribution is -2.49. The van der Waals surface area contributed by atoms with Crippen LogP contribution in [-0.4, -0.2) is 54.4 Å². The lowest BCUT2D eigenvalue weighted by Gasteiger charge is -2.40. The molecular formula is C27H32ClFN4OS. The number of fused-ring (bicyclic) bond motifs is 1. The quantitative estimate of drug-likeness (QED) is 0.460. The minimum atomic E-state index is -0.208. The molecule has 2 atom stereocenters. The van der Waals surface area contributed by atoms with Crippen LogP contribution < -0.4 is 10.2 Å². The number of rotatable bonds is 7. The highest BCUT2D eigenvalue weighted by Crippen LogP contribution is 2.33. The van der Waals surface area contributed by atoms with E-state index in [9.17, 15) is 9.18 Å². The Morgan fingerprint density at radius 3 is 2.57 bits per heavy atom. The Kier molecular flexibility index (Phi) is 7.85. The second-order valence-electron chi connectivity index (χ2n) is 9.85. The number of carbonyl (C=O) groups is 1. The van der Waals surface area contributed by atoms with E-state index >= 15 is 0 Å². The van der Waals surface area contributed by atoms with Crippen molar-refractivity contribution in [3.63, 3.8) is 0 Å². The van der Waals surface area contributed by atoms with Gasteiger partial charge in [-0.05, 0) is 72.1 Å². The van der Waals surface area contributed by atoms with Crippen molar-refractivity contribution in [3.05, 3.63) is 58.9 Å². The molecule has 1 amide bonds. The van der Waals surface area contributed by atoms with Crippen LogP contribution in [0.1, 0.15) is 31.2 Å². The summed E-state index contributed by atoms with van der Waals surface area (Å²) >= 11 is 7.32. The fourth-order valence-electron chi connectivity index (χ4n) is 5.49. The van der Waals surface area contributed by atoms with E-state index in [1.54, 1.807) is 6.07 Å². The Labute approximate surface area is 215 Å². The molecule has 2 heterocycles. The van der Waals surface area contributed by atoms with E-state index in [0.29, 0.717) is 23.3 Å². The van der Waals surface area contributed by atoms with Crippen LogP contribution in [0.15, 0.2) is 42.5 Å². The molecule has 5 rings (SSSR count). The lowest BCUT2D eigenvalue weighted by molar-refractivity contribution is -0.120. The second-order valence-corrected chi connectivity index (χ2v) is 11.1. The monoisotopic (exact) mass is 514 g/mol. The Morgan fingerprint density at radius 2 is 1.80 bits per heavy atom. The number of benzene rings is 2. The van der Waals surface area contributed by atoms with Gasteiger partial charge in [0.1, 0.15) is 11.6 Å². The highest BCUT2D eigenvalue weighted by Gasteiger charge is 2.29. The number of piperazine rings is 1. The summed E-state index contributed by atoms with van der Waals surface area (Å²) in [5.74, 6) is 2.02. The Hall–Kier alpha value is -2.22. The van der Waals surface area contributed by atoms with Gasteiger partial charge in [0.25, 0.3) is 0 Å². The SMILES string of the molecule is O=C(Cc1ccc(Cl)cc1)NC[C@@H]1CCCC[C@H]1CN1CCN(c2nsc3cc(F)ccc23)CC1. The number of halogens is 2. The minimum absolute atomic E-state index is 0.0839.